The molecule has 0 aliphatic carbocycles. The summed E-state index contributed by atoms with van der Waals surface area (Å²) in [4.78, 5) is 15.9. The second kappa shape index (κ2) is 4.98. The van der Waals surface area contributed by atoms with Gasteiger partial charge in [0.05, 0.1) is 17.6 Å². The van der Waals surface area contributed by atoms with Gasteiger partial charge < -0.3 is 0 Å². The zero-order valence-electron chi connectivity index (χ0n) is 11.7. The van der Waals surface area contributed by atoms with Crippen LogP contribution in [0.1, 0.15) is 23.0 Å². The van der Waals surface area contributed by atoms with Crippen LogP contribution in [-0.2, 0) is 6.54 Å². The van der Waals surface area contributed by atoms with Crippen molar-refractivity contribution in [1.29, 1.82) is 0 Å². The quantitative estimate of drug-likeness (QED) is 0.415. The molecule has 108 valence electrons. The van der Waals surface area contributed by atoms with Crippen LogP contribution in [0.5, 0.6) is 0 Å². The van der Waals surface area contributed by atoms with E-state index in [-0.39, 0.29) is 0 Å². The Kier molecular flexibility index (Phi) is 3.15. The summed E-state index contributed by atoms with van der Waals surface area (Å²) >= 11 is 0. The molecule has 8 nitrogen and oxygen atoms in total. The van der Waals surface area contributed by atoms with Crippen LogP contribution in [0.2, 0.25) is 0 Å². The first kappa shape index (κ1) is 13.3. The Morgan fingerprint density at radius 2 is 2.29 bits per heavy atom. The first-order valence-electron chi connectivity index (χ1n) is 6.53. The van der Waals surface area contributed by atoms with Crippen molar-refractivity contribution in [2.45, 2.75) is 20.4 Å². The van der Waals surface area contributed by atoms with Crippen molar-refractivity contribution in [2.24, 2.45) is 5.84 Å². The van der Waals surface area contributed by atoms with E-state index in [1.807, 2.05) is 30.8 Å². The minimum absolute atomic E-state index is 0.333. The summed E-state index contributed by atoms with van der Waals surface area (Å²) in [6.07, 6.45) is 5.05. The highest BCUT2D eigenvalue weighted by molar-refractivity contribution is 5.99. The Labute approximate surface area is 120 Å². The van der Waals surface area contributed by atoms with Crippen LogP contribution in [0.4, 0.5) is 0 Å². The van der Waals surface area contributed by atoms with Gasteiger partial charge in [-0.25, -0.2) is 15.3 Å². The summed E-state index contributed by atoms with van der Waals surface area (Å²) < 4.78 is 3.47. The number of nitrogens with zero attached hydrogens (tertiary/aromatic N) is 5. The summed E-state index contributed by atoms with van der Waals surface area (Å²) in [5.74, 6) is 4.75. The monoisotopic (exact) mass is 285 g/mol. The van der Waals surface area contributed by atoms with Crippen LogP contribution in [0.15, 0.2) is 24.7 Å². The molecule has 0 aliphatic heterocycles. The van der Waals surface area contributed by atoms with Crippen molar-refractivity contribution < 1.29 is 4.79 Å². The Morgan fingerprint density at radius 3 is 2.95 bits per heavy atom. The van der Waals surface area contributed by atoms with Gasteiger partial charge in [0.15, 0.2) is 5.65 Å². The number of hydrazine groups is 1. The van der Waals surface area contributed by atoms with E-state index in [1.165, 1.54) is 6.20 Å². The first-order valence-corrected chi connectivity index (χ1v) is 6.53. The molecular weight excluding hydrogens is 270 g/mol. The third kappa shape index (κ3) is 2.05. The van der Waals surface area contributed by atoms with Crippen molar-refractivity contribution in [3.8, 4) is 11.3 Å². The van der Waals surface area contributed by atoms with E-state index in [4.69, 9.17) is 5.84 Å². The number of carbonyl (C=O) groups excluding carboxylic acids is 1. The van der Waals surface area contributed by atoms with Gasteiger partial charge in [0.25, 0.3) is 5.91 Å². The molecule has 3 heterocycles. The van der Waals surface area contributed by atoms with E-state index >= 15 is 0 Å². The fourth-order valence-corrected chi connectivity index (χ4v) is 2.26. The molecule has 0 saturated carbocycles. The molecule has 0 aliphatic rings. The van der Waals surface area contributed by atoms with Crippen molar-refractivity contribution in [2.75, 3.05) is 0 Å². The molecule has 0 bridgehead atoms. The van der Waals surface area contributed by atoms with Gasteiger partial charge in [-0.1, -0.05) is 0 Å². The van der Waals surface area contributed by atoms with Crippen LogP contribution >= 0.6 is 0 Å². The molecule has 3 aromatic heterocycles. The molecule has 0 aromatic carbocycles. The number of rotatable bonds is 3. The highest BCUT2D eigenvalue weighted by atomic mass is 16.2. The number of hydrogen-bond donors (Lipinski definition) is 2. The summed E-state index contributed by atoms with van der Waals surface area (Å²) in [6.45, 7) is 4.75. The smallest absolute Gasteiger partial charge is 0.270 e. The van der Waals surface area contributed by atoms with Crippen LogP contribution in [-0.4, -0.2) is 30.3 Å². The van der Waals surface area contributed by atoms with E-state index in [1.54, 1.807) is 10.7 Å². The molecule has 3 rings (SSSR count). The van der Waals surface area contributed by atoms with E-state index in [0.29, 0.717) is 11.2 Å². The lowest BCUT2D eigenvalue weighted by Crippen LogP contribution is -2.29. The third-order valence-electron chi connectivity index (χ3n) is 3.32. The summed E-state index contributed by atoms with van der Waals surface area (Å²) in [6, 6.07) is 1.84. The molecule has 8 heteroatoms. The Morgan fingerprint density at radius 1 is 1.48 bits per heavy atom. The molecule has 21 heavy (non-hydrogen) atoms. The molecular formula is C13H15N7O. The molecule has 0 fully saturated rings. The Bertz CT molecular complexity index is 817. The topological polar surface area (TPSA) is 103 Å². The molecule has 0 unspecified atom stereocenters. The number of fused-ring (bicyclic) bond motifs is 1. The summed E-state index contributed by atoms with van der Waals surface area (Å²) in [7, 11) is 0. The highest BCUT2D eigenvalue weighted by Crippen LogP contribution is 2.23. The summed E-state index contributed by atoms with van der Waals surface area (Å²) in [5.41, 5.74) is 5.56. The van der Waals surface area contributed by atoms with Gasteiger partial charge >= 0.3 is 0 Å². The maximum atomic E-state index is 11.7. The highest BCUT2D eigenvalue weighted by Gasteiger charge is 2.17. The molecule has 0 atom stereocenters. The van der Waals surface area contributed by atoms with Crippen LogP contribution < -0.4 is 11.3 Å². The second-order valence-electron chi connectivity index (χ2n) is 4.58. The van der Waals surface area contributed by atoms with E-state index in [2.05, 4.69) is 20.6 Å². The number of hydrogen-bond acceptors (Lipinski definition) is 5. The van der Waals surface area contributed by atoms with Crippen LogP contribution in [0.3, 0.4) is 0 Å². The van der Waals surface area contributed by atoms with Crippen molar-refractivity contribution in [3.63, 3.8) is 0 Å². The molecule has 0 radical (unpaired) electrons. The number of carbonyl (C=O) groups is 1. The number of nitrogens with one attached hydrogen (secondary N) is 1. The molecule has 1 amide bonds. The largest absolute Gasteiger partial charge is 0.290 e. The van der Waals surface area contributed by atoms with E-state index in [0.717, 1.165) is 23.5 Å². The van der Waals surface area contributed by atoms with E-state index < -0.39 is 5.91 Å². The van der Waals surface area contributed by atoms with E-state index in [9.17, 15) is 4.79 Å². The van der Waals surface area contributed by atoms with Gasteiger partial charge in [-0.15, -0.1) is 0 Å². The molecule has 0 spiro atoms. The third-order valence-corrected chi connectivity index (χ3v) is 3.32. The SMILES string of the molecule is CCn1cc(-c2ccnc3c(C(=O)NN)cnn23)c(C)n1. The molecule has 3 N–H and O–H groups in total. The summed E-state index contributed by atoms with van der Waals surface area (Å²) in [5, 5.41) is 8.67. The van der Waals surface area contributed by atoms with Crippen LogP contribution in [0.25, 0.3) is 16.9 Å². The van der Waals surface area contributed by atoms with Gasteiger partial charge in [-0.3, -0.25) is 14.9 Å². The van der Waals surface area contributed by atoms with Crippen molar-refractivity contribution >= 4 is 11.6 Å². The lowest BCUT2D eigenvalue weighted by molar-refractivity contribution is 0.0955. The number of aromatic nitrogens is 5. The number of nitrogens with two attached hydrogens (primary N) is 1. The van der Waals surface area contributed by atoms with Gasteiger partial charge in [0.2, 0.25) is 0 Å². The van der Waals surface area contributed by atoms with Gasteiger partial charge in [0, 0.05) is 24.5 Å². The zero-order chi connectivity index (χ0) is 15.0. The fourth-order valence-electron chi connectivity index (χ4n) is 2.26. The van der Waals surface area contributed by atoms with Crippen molar-refractivity contribution in [1.82, 2.24) is 29.8 Å². The first-order chi connectivity index (χ1) is 10.2. The van der Waals surface area contributed by atoms with Gasteiger partial charge in [0.1, 0.15) is 5.56 Å². The predicted molar refractivity (Wildman–Crippen MR) is 76.3 cm³/mol. The Hall–Kier alpha value is -2.74. The predicted octanol–water partition coefficient (Wildman–Crippen LogP) is 0.525. The maximum absolute atomic E-state index is 11.7. The normalized spacial score (nSPS) is 11.0. The number of aryl methyl sites for hydroxylation is 2. The fraction of sp³-hybridized carbons (Fsp3) is 0.231. The molecule has 0 saturated heterocycles. The van der Waals surface area contributed by atoms with Gasteiger partial charge in [-0.05, 0) is 19.9 Å². The maximum Gasteiger partial charge on any atom is 0.270 e. The number of nitrogen functional groups attached to an aromatic ring is 1. The number of amides is 1. The van der Waals surface area contributed by atoms with Gasteiger partial charge in [-0.2, -0.15) is 10.2 Å². The molecule has 3 aromatic rings. The lowest BCUT2D eigenvalue weighted by Gasteiger charge is -2.03. The standard InChI is InChI=1S/C13H15N7O/c1-3-19-7-10(8(2)18-19)11-4-5-15-12-9(13(21)17-14)6-16-20(11)12/h4-7H,3,14H2,1-2H3,(H,17,21). The minimum Gasteiger partial charge on any atom is -0.290 e. The lowest BCUT2D eigenvalue weighted by atomic mass is 10.2. The second-order valence-corrected chi connectivity index (χ2v) is 4.58. The van der Waals surface area contributed by atoms with Crippen molar-refractivity contribution in [3.05, 3.63) is 35.9 Å². The van der Waals surface area contributed by atoms with Crippen LogP contribution in [0, 0.1) is 6.92 Å². The minimum atomic E-state index is -0.421. The Balaban J connectivity index is 2.22. The average Bonchev–Trinajstić information content (AvgIpc) is 3.09. The zero-order valence-corrected chi connectivity index (χ0v) is 11.7. The average molecular weight is 285 g/mol.